The van der Waals surface area contributed by atoms with Crippen LogP contribution in [0, 0.1) is 0 Å². The molecule has 2 N–H and O–H groups in total. The summed E-state index contributed by atoms with van der Waals surface area (Å²) in [4.78, 5) is 0. The van der Waals surface area contributed by atoms with E-state index in [2.05, 4.69) is 10.5 Å². The van der Waals surface area contributed by atoms with Crippen LogP contribution in [0.3, 0.4) is 0 Å². The van der Waals surface area contributed by atoms with E-state index in [1.54, 1.807) is 12.3 Å². The van der Waals surface area contributed by atoms with Crippen LogP contribution in [0.4, 0.5) is 0 Å². The molecule has 0 amide bonds. The van der Waals surface area contributed by atoms with Gasteiger partial charge in [-0.3, -0.25) is 0 Å². The highest BCUT2D eigenvalue weighted by Crippen LogP contribution is 1.85. The van der Waals surface area contributed by atoms with Gasteiger partial charge in [-0.25, -0.2) is 0 Å². The molecule has 0 aromatic heterocycles. The number of rotatable bonds is 1. The van der Waals surface area contributed by atoms with Crippen molar-refractivity contribution in [3.8, 4) is 0 Å². The van der Waals surface area contributed by atoms with Crippen molar-refractivity contribution < 1.29 is 0 Å². The molecule has 0 spiro atoms. The lowest BCUT2D eigenvalue weighted by Crippen LogP contribution is -2.09. The molecule has 1 aliphatic rings. The summed E-state index contributed by atoms with van der Waals surface area (Å²) >= 11 is 0. The molecule has 0 atom stereocenters. The van der Waals surface area contributed by atoms with Gasteiger partial charge in [-0.1, -0.05) is 0 Å². The molecule has 0 aromatic rings. The lowest BCUT2D eigenvalue weighted by Gasteiger charge is -1.81. The van der Waals surface area contributed by atoms with Crippen LogP contribution in [-0.2, 0) is 0 Å². The van der Waals surface area contributed by atoms with Gasteiger partial charge in [0.1, 0.15) is 0 Å². The summed E-state index contributed by atoms with van der Waals surface area (Å²) in [6.07, 6.45) is 3.42. The normalized spacial score (nSPS) is 16.4. The number of hydrogen-bond acceptors (Lipinski definition) is 2. The zero-order valence-corrected chi connectivity index (χ0v) is 3.83. The Balaban J connectivity index is 2.52. The third-order valence-electron chi connectivity index (χ3n) is 0.729. The van der Waals surface area contributed by atoms with E-state index in [-0.39, 0.29) is 0 Å². The first-order chi connectivity index (χ1) is 3.43. The molecule has 0 fully saturated rings. The largest absolute Gasteiger partial charge is 0.325 e. The fourth-order valence-corrected chi connectivity index (χ4v) is 0.369. The second-order valence-electron chi connectivity index (χ2n) is 1.23. The van der Waals surface area contributed by atoms with E-state index in [9.17, 15) is 0 Å². The summed E-state index contributed by atoms with van der Waals surface area (Å²) < 4.78 is 0. The molecule has 3 nitrogen and oxygen atoms in total. The van der Waals surface area contributed by atoms with Crippen LogP contribution in [0.5, 0.6) is 0 Å². The van der Waals surface area contributed by atoms with E-state index in [1.807, 2.05) is 0 Å². The molecule has 1 rings (SSSR count). The predicted octanol–water partition coefficient (Wildman–Crippen LogP) is -0.567. The van der Waals surface area contributed by atoms with Crippen molar-refractivity contribution in [3.63, 3.8) is 0 Å². The van der Waals surface area contributed by atoms with Gasteiger partial charge in [0.25, 0.3) is 0 Å². The number of nitrogens with two attached hydrogens (primary N) is 1. The summed E-state index contributed by atoms with van der Waals surface area (Å²) in [5, 5.41) is 3.66. The van der Waals surface area contributed by atoms with Gasteiger partial charge in [-0.2, -0.15) is 10.5 Å². The van der Waals surface area contributed by atoms with E-state index in [4.69, 9.17) is 5.73 Å². The number of nitrogens with zero attached hydrogens (tertiary/aromatic N) is 2. The summed E-state index contributed by atoms with van der Waals surface area (Å²) in [5.74, 6) is 0. The van der Waals surface area contributed by atoms with Gasteiger partial charge in [-0.05, 0) is 6.08 Å². The van der Waals surface area contributed by atoms with E-state index in [0.717, 1.165) is 5.71 Å². The minimum atomic E-state index is 0.486. The van der Waals surface area contributed by atoms with E-state index in [1.165, 1.54) is 0 Å². The van der Waals surface area contributed by atoms with Crippen LogP contribution in [0.15, 0.2) is 17.4 Å². The maximum atomic E-state index is 5.19. The zero-order chi connectivity index (χ0) is 5.11. The third-order valence-corrected chi connectivity index (χ3v) is 0.729. The molecule has 0 bridgehead atoms. The lowest BCUT2D eigenvalue weighted by molar-refractivity contribution is 0.967. The highest BCUT2D eigenvalue weighted by molar-refractivity contribution is 5.97. The summed E-state index contributed by atoms with van der Waals surface area (Å²) in [5.41, 5.74) is 9.60. The zero-order valence-electron chi connectivity index (χ0n) is 3.83. The van der Waals surface area contributed by atoms with Gasteiger partial charge in [0.15, 0.2) is 0 Å². The van der Waals surface area contributed by atoms with Crippen LogP contribution in [0.2, 0.25) is 0 Å². The van der Waals surface area contributed by atoms with Crippen molar-refractivity contribution in [1.82, 2.24) is 5.43 Å². The topological polar surface area (TPSA) is 52.5 Å². The van der Waals surface area contributed by atoms with Crippen molar-refractivity contribution in [2.75, 3.05) is 6.54 Å². The molecule has 0 saturated heterocycles. The minimum absolute atomic E-state index is 0.486. The van der Waals surface area contributed by atoms with E-state index in [0.29, 0.717) is 6.54 Å². The molecule has 0 aromatic carbocycles. The fraction of sp³-hybridized carbons (Fsp3) is 0.250. The van der Waals surface area contributed by atoms with Crippen molar-refractivity contribution in [2.45, 2.75) is 0 Å². The molecule has 0 saturated carbocycles. The Morgan fingerprint density at radius 2 is 2.57 bits per heavy atom. The molecular weight excluding hydrogens is 90.1 g/mol. The lowest BCUT2D eigenvalue weighted by atomic mass is 10.4. The van der Waals surface area contributed by atoms with Gasteiger partial charge in [0.2, 0.25) is 0 Å². The SMILES string of the molecule is NCC1=N[N]C=C1. The molecule has 1 radical (unpaired) electrons. The highest BCUT2D eigenvalue weighted by Gasteiger charge is 1.93. The Bertz CT molecular complexity index is 114. The van der Waals surface area contributed by atoms with Crippen molar-refractivity contribution in [2.24, 2.45) is 10.8 Å². The molecule has 3 heteroatoms. The fourth-order valence-electron chi connectivity index (χ4n) is 0.369. The quantitative estimate of drug-likeness (QED) is 0.467. The monoisotopic (exact) mass is 96.1 g/mol. The first kappa shape index (κ1) is 4.33. The molecular formula is C4H6N3. The Hall–Kier alpha value is -0.830. The Morgan fingerprint density at radius 3 is 2.86 bits per heavy atom. The second kappa shape index (κ2) is 1.75. The molecule has 0 aliphatic carbocycles. The van der Waals surface area contributed by atoms with Gasteiger partial charge in [0.05, 0.1) is 11.9 Å². The predicted molar refractivity (Wildman–Crippen MR) is 27.8 cm³/mol. The highest BCUT2D eigenvalue weighted by atomic mass is 15.3. The van der Waals surface area contributed by atoms with Crippen LogP contribution >= 0.6 is 0 Å². The summed E-state index contributed by atoms with van der Waals surface area (Å²) in [7, 11) is 0. The van der Waals surface area contributed by atoms with Crippen LogP contribution in [0.1, 0.15) is 0 Å². The van der Waals surface area contributed by atoms with E-state index >= 15 is 0 Å². The first-order valence-corrected chi connectivity index (χ1v) is 2.07. The van der Waals surface area contributed by atoms with Crippen LogP contribution in [0.25, 0.3) is 0 Å². The molecule has 1 heterocycles. The summed E-state index contributed by atoms with van der Waals surface area (Å²) in [6, 6.07) is 0. The van der Waals surface area contributed by atoms with E-state index < -0.39 is 0 Å². The molecule has 7 heavy (non-hydrogen) atoms. The van der Waals surface area contributed by atoms with Crippen molar-refractivity contribution >= 4 is 5.71 Å². The average Bonchev–Trinajstić information content (AvgIpc) is 2.14. The Kier molecular flexibility index (Phi) is 1.08. The van der Waals surface area contributed by atoms with Crippen molar-refractivity contribution in [1.29, 1.82) is 0 Å². The maximum Gasteiger partial charge on any atom is 0.0782 e. The molecule has 0 unspecified atom stereocenters. The van der Waals surface area contributed by atoms with Crippen LogP contribution < -0.4 is 11.2 Å². The van der Waals surface area contributed by atoms with Crippen molar-refractivity contribution in [3.05, 3.63) is 12.3 Å². The second-order valence-corrected chi connectivity index (χ2v) is 1.23. The first-order valence-electron chi connectivity index (χ1n) is 2.07. The smallest absolute Gasteiger partial charge is 0.0782 e. The van der Waals surface area contributed by atoms with Gasteiger partial charge < -0.3 is 5.73 Å². The molecule has 1 aliphatic heterocycles. The van der Waals surface area contributed by atoms with Gasteiger partial charge in [0, 0.05) is 6.54 Å². The molecule has 37 valence electrons. The Morgan fingerprint density at radius 1 is 1.71 bits per heavy atom. The standard InChI is InChI=1S/C4H6N3/c5-3-4-1-2-6-7-4/h1-2H,3,5H2. The average molecular weight is 96.1 g/mol. The third kappa shape index (κ3) is 0.778. The van der Waals surface area contributed by atoms with Gasteiger partial charge >= 0.3 is 0 Å². The Labute approximate surface area is 41.9 Å². The van der Waals surface area contributed by atoms with Gasteiger partial charge in [-0.15, -0.1) is 0 Å². The summed E-state index contributed by atoms with van der Waals surface area (Å²) in [6.45, 7) is 0.486. The minimum Gasteiger partial charge on any atom is -0.325 e. The number of hydrogen-bond donors (Lipinski definition) is 1. The van der Waals surface area contributed by atoms with Crippen LogP contribution in [-0.4, -0.2) is 12.3 Å². The maximum absolute atomic E-state index is 5.19.